The Labute approximate surface area is 181 Å². The Bertz CT molecular complexity index is 625. The smallest absolute Gasteiger partial charge is 0.191 e. The largest absolute Gasteiger partial charge is 0.494 e. The van der Waals surface area contributed by atoms with Crippen molar-refractivity contribution in [2.45, 2.75) is 46.2 Å². The lowest BCUT2D eigenvalue weighted by atomic mass is 10.0. The van der Waals surface area contributed by atoms with Crippen LogP contribution in [0.5, 0.6) is 5.75 Å². The zero-order valence-corrected chi connectivity index (χ0v) is 19.5. The topological polar surface area (TPSA) is 48.9 Å². The maximum Gasteiger partial charge on any atom is 0.191 e. The van der Waals surface area contributed by atoms with Gasteiger partial charge in [0.1, 0.15) is 5.75 Å². The van der Waals surface area contributed by atoms with Gasteiger partial charge in [-0.25, -0.2) is 0 Å². The third kappa shape index (κ3) is 8.09. The summed E-state index contributed by atoms with van der Waals surface area (Å²) >= 11 is 0. The predicted octanol–water partition coefficient (Wildman–Crippen LogP) is 3.72. The van der Waals surface area contributed by atoms with Gasteiger partial charge in [0.2, 0.25) is 0 Å². The van der Waals surface area contributed by atoms with E-state index in [-0.39, 0.29) is 24.0 Å². The van der Waals surface area contributed by atoms with Crippen LogP contribution in [-0.4, -0.2) is 50.2 Å². The summed E-state index contributed by atoms with van der Waals surface area (Å²) in [5.74, 6) is 1.83. The maximum absolute atomic E-state index is 5.61. The number of benzene rings is 1. The van der Waals surface area contributed by atoms with E-state index in [0.29, 0.717) is 12.6 Å². The number of piperidine rings is 1. The van der Waals surface area contributed by atoms with E-state index < -0.39 is 0 Å². The highest BCUT2D eigenvalue weighted by Crippen LogP contribution is 2.19. The molecule has 0 bridgehead atoms. The number of aliphatic imine (C=N–C) groups is 1. The highest BCUT2D eigenvalue weighted by atomic mass is 127. The minimum Gasteiger partial charge on any atom is -0.494 e. The summed E-state index contributed by atoms with van der Waals surface area (Å²) in [6.45, 7) is 14.9. The second kappa shape index (κ2) is 12.2. The third-order valence-corrected chi connectivity index (χ3v) is 4.64. The van der Waals surface area contributed by atoms with Gasteiger partial charge < -0.3 is 15.4 Å². The van der Waals surface area contributed by atoms with Crippen LogP contribution in [0.4, 0.5) is 0 Å². The molecule has 0 unspecified atom stereocenters. The molecule has 1 fully saturated rings. The highest BCUT2D eigenvalue weighted by molar-refractivity contribution is 14.0. The van der Waals surface area contributed by atoms with Gasteiger partial charge in [-0.05, 0) is 50.8 Å². The van der Waals surface area contributed by atoms with E-state index in [4.69, 9.17) is 4.74 Å². The van der Waals surface area contributed by atoms with Gasteiger partial charge in [-0.3, -0.25) is 9.89 Å². The molecule has 27 heavy (non-hydrogen) atoms. The summed E-state index contributed by atoms with van der Waals surface area (Å²) in [6, 6.07) is 6.80. The van der Waals surface area contributed by atoms with Crippen LogP contribution in [0.3, 0.4) is 0 Å². The van der Waals surface area contributed by atoms with Crippen LogP contribution < -0.4 is 15.4 Å². The number of likely N-dealkylation sites (tertiary alicyclic amines) is 1. The van der Waals surface area contributed by atoms with Crippen LogP contribution >= 0.6 is 24.0 Å². The minimum absolute atomic E-state index is 0. The molecular weight excluding hydrogens is 451 g/mol. The first-order valence-electron chi connectivity index (χ1n) is 9.58. The summed E-state index contributed by atoms with van der Waals surface area (Å²) in [5, 5.41) is 6.99. The predicted molar refractivity (Wildman–Crippen MR) is 125 cm³/mol. The first kappa shape index (κ1) is 23.8. The molecule has 0 spiro atoms. The van der Waals surface area contributed by atoms with Crippen molar-refractivity contribution in [1.29, 1.82) is 0 Å². The van der Waals surface area contributed by atoms with Gasteiger partial charge in [-0.1, -0.05) is 24.3 Å². The Balaban J connectivity index is 0.00000364. The maximum atomic E-state index is 5.61. The van der Waals surface area contributed by atoms with E-state index in [2.05, 4.69) is 53.1 Å². The Hall–Kier alpha value is -1.28. The van der Waals surface area contributed by atoms with E-state index in [9.17, 15) is 0 Å². The number of aryl methyl sites for hydroxylation is 1. The summed E-state index contributed by atoms with van der Waals surface area (Å²) in [7, 11) is 1.83. The molecule has 0 aliphatic carbocycles. The van der Waals surface area contributed by atoms with Crippen molar-refractivity contribution in [2.75, 3.05) is 33.3 Å². The highest BCUT2D eigenvalue weighted by Gasteiger charge is 2.19. The first-order chi connectivity index (χ1) is 12.5. The van der Waals surface area contributed by atoms with Crippen molar-refractivity contribution < 1.29 is 4.74 Å². The number of hydrogen-bond donors (Lipinski definition) is 2. The summed E-state index contributed by atoms with van der Waals surface area (Å²) in [5.41, 5.74) is 3.63. The van der Waals surface area contributed by atoms with Crippen LogP contribution in [0.15, 0.2) is 35.3 Å². The summed E-state index contributed by atoms with van der Waals surface area (Å²) < 4.78 is 5.61. The molecule has 1 saturated heterocycles. The molecule has 2 N–H and O–H groups in total. The molecule has 1 heterocycles. The molecular formula is C21H35IN4O. The molecule has 0 aromatic heterocycles. The van der Waals surface area contributed by atoms with Crippen molar-refractivity contribution in [1.82, 2.24) is 15.5 Å². The monoisotopic (exact) mass is 486 g/mol. The zero-order valence-electron chi connectivity index (χ0n) is 17.2. The molecule has 0 atom stereocenters. The fourth-order valence-electron chi connectivity index (χ4n) is 3.33. The second-order valence-electron chi connectivity index (χ2n) is 7.11. The van der Waals surface area contributed by atoms with Crippen LogP contribution in [0.25, 0.3) is 0 Å². The van der Waals surface area contributed by atoms with Crippen molar-refractivity contribution in [3.8, 4) is 5.75 Å². The summed E-state index contributed by atoms with van der Waals surface area (Å²) in [6.07, 6.45) is 2.27. The van der Waals surface area contributed by atoms with Crippen LogP contribution in [0, 0.1) is 6.92 Å². The van der Waals surface area contributed by atoms with E-state index >= 15 is 0 Å². The number of nitrogens with zero attached hydrogens (tertiary/aromatic N) is 2. The normalized spacial score (nSPS) is 15.8. The molecule has 5 nitrogen and oxygen atoms in total. The number of ether oxygens (including phenoxy) is 1. The molecule has 1 aromatic rings. The van der Waals surface area contributed by atoms with Crippen LogP contribution in [0.1, 0.15) is 37.8 Å². The Morgan fingerprint density at radius 3 is 2.59 bits per heavy atom. The van der Waals surface area contributed by atoms with E-state index in [1.165, 1.54) is 16.7 Å². The minimum atomic E-state index is 0. The number of guanidine groups is 1. The fraction of sp³-hybridized carbons (Fsp3) is 0.571. The lowest BCUT2D eigenvalue weighted by Crippen LogP contribution is -2.48. The Morgan fingerprint density at radius 1 is 1.33 bits per heavy atom. The van der Waals surface area contributed by atoms with Crippen molar-refractivity contribution in [2.24, 2.45) is 4.99 Å². The van der Waals surface area contributed by atoms with Gasteiger partial charge in [0.25, 0.3) is 0 Å². The summed E-state index contributed by atoms with van der Waals surface area (Å²) in [4.78, 5) is 6.85. The number of hydrogen-bond acceptors (Lipinski definition) is 3. The van der Waals surface area contributed by atoms with Gasteiger partial charge >= 0.3 is 0 Å². The lowest BCUT2D eigenvalue weighted by Gasteiger charge is -2.33. The van der Waals surface area contributed by atoms with Crippen molar-refractivity contribution >= 4 is 29.9 Å². The second-order valence-corrected chi connectivity index (χ2v) is 7.11. The van der Waals surface area contributed by atoms with Gasteiger partial charge in [0.05, 0.1) is 6.61 Å². The van der Waals surface area contributed by atoms with E-state index in [0.717, 1.165) is 50.7 Å². The standard InChI is InChI=1S/C21H34N4O.HI/c1-6-26-20-8-7-18(13-17(20)4)14-23-21(22-5)24-19-9-11-25(12-10-19)15-16(2)3;/h7-8,13,19H,2,6,9-12,14-15H2,1,3-5H3,(H2,22,23,24);1H. The van der Waals surface area contributed by atoms with Gasteiger partial charge in [0, 0.05) is 39.3 Å². The molecule has 1 aromatic carbocycles. The first-order valence-corrected chi connectivity index (χ1v) is 9.58. The number of rotatable bonds is 7. The lowest BCUT2D eigenvalue weighted by molar-refractivity contribution is 0.221. The van der Waals surface area contributed by atoms with Crippen molar-refractivity contribution in [3.05, 3.63) is 41.5 Å². The molecule has 1 aliphatic rings. The number of nitrogens with one attached hydrogen (secondary N) is 2. The van der Waals surface area contributed by atoms with Crippen LogP contribution in [-0.2, 0) is 6.54 Å². The van der Waals surface area contributed by atoms with E-state index in [1.54, 1.807) is 0 Å². The molecule has 2 rings (SSSR count). The van der Waals surface area contributed by atoms with Gasteiger partial charge in [0.15, 0.2) is 5.96 Å². The third-order valence-electron chi connectivity index (χ3n) is 4.64. The average Bonchev–Trinajstić information content (AvgIpc) is 2.62. The molecule has 152 valence electrons. The molecule has 6 heteroatoms. The van der Waals surface area contributed by atoms with Gasteiger partial charge in [-0.2, -0.15) is 0 Å². The Kier molecular flexibility index (Phi) is 10.8. The fourth-order valence-corrected chi connectivity index (χ4v) is 3.33. The average molecular weight is 486 g/mol. The van der Waals surface area contributed by atoms with Crippen molar-refractivity contribution in [3.63, 3.8) is 0 Å². The van der Waals surface area contributed by atoms with Crippen LogP contribution in [0.2, 0.25) is 0 Å². The van der Waals surface area contributed by atoms with Gasteiger partial charge in [-0.15, -0.1) is 24.0 Å². The SMILES string of the molecule is C=C(C)CN1CCC(NC(=NC)NCc2ccc(OCC)c(C)c2)CC1.I. The Morgan fingerprint density at radius 2 is 2.04 bits per heavy atom. The van der Waals surface area contributed by atoms with E-state index in [1.807, 2.05) is 20.0 Å². The molecule has 0 radical (unpaired) electrons. The molecule has 1 aliphatic heterocycles. The molecule has 0 amide bonds. The molecule has 0 saturated carbocycles. The number of halogens is 1. The quantitative estimate of drug-likeness (QED) is 0.267. The zero-order chi connectivity index (χ0) is 18.9.